The molecule has 8 aromatic carbocycles. The minimum absolute atomic E-state index is 0.00528. The van der Waals surface area contributed by atoms with Crippen LogP contribution in [0.2, 0.25) is 0 Å². The number of nitrogens with zero attached hydrogens (tertiary/aromatic N) is 2. The van der Waals surface area contributed by atoms with E-state index >= 15 is 0 Å². The number of aromatic nitrogens is 1. The largest absolute Gasteiger partial charge is 0.309 e. The Hall–Kier alpha value is -6.38. The number of anilines is 3. The average molecular weight is 837 g/mol. The van der Waals surface area contributed by atoms with Crippen LogP contribution in [0.1, 0.15) is 105 Å². The molecular weight excluding hydrogens is 773 g/mol. The van der Waals surface area contributed by atoms with Gasteiger partial charge in [-0.25, -0.2) is 0 Å². The van der Waals surface area contributed by atoms with Crippen molar-refractivity contribution in [2.45, 2.75) is 105 Å². The molecule has 1 heterocycles. The first-order valence-electron chi connectivity index (χ1n) is 23.1. The van der Waals surface area contributed by atoms with Crippen molar-refractivity contribution >= 4 is 49.6 Å². The second-order valence-electron chi connectivity index (χ2n) is 22.0. The van der Waals surface area contributed by atoms with Crippen LogP contribution in [0.3, 0.4) is 0 Å². The fourth-order valence-electron chi connectivity index (χ4n) is 9.41. The zero-order chi connectivity index (χ0) is 45.3. The third-order valence-electron chi connectivity index (χ3n) is 13.2. The summed E-state index contributed by atoms with van der Waals surface area (Å²) >= 11 is 0. The maximum atomic E-state index is 2.57. The molecule has 9 rings (SSSR count). The van der Waals surface area contributed by atoms with Gasteiger partial charge in [0.15, 0.2) is 0 Å². The average Bonchev–Trinajstić information content (AvgIpc) is 3.60. The van der Waals surface area contributed by atoms with E-state index in [0.29, 0.717) is 0 Å². The van der Waals surface area contributed by atoms with E-state index in [1.54, 1.807) is 0 Å². The highest BCUT2D eigenvalue weighted by Crippen LogP contribution is 2.50. The van der Waals surface area contributed by atoms with Crippen molar-refractivity contribution in [3.05, 3.63) is 192 Å². The molecule has 0 aliphatic carbocycles. The van der Waals surface area contributed by atoms with Gasteiger partial charge >= 0.3 is 0 Å². The van der Waals surface area contributed by atoms with Crippen LogP contribution in [-0.4, -0.2) is 4.57 Å². The molecule has 0 unspecified atom stereocenters. The Balaban J connectivity index is 1.40. The first-order valence-corrected chi connectivity index (χ1v) is 23.1. The molecule has 1 aromatic heterocycles. The van der Waals surface area contributed by atoms with Crippen LogP contribution < -0.4 is 4.90 Å². The van der Waals surface area contributed by atoms with E-state index in [-0.39, 0.29) is 21.7 Å². The summed E-state index contributed by atoms with van der Waals surface area (Å²) in [6.07, 6.45) is 0. The highest BCUT2D eigenvalue weighted by atomic mass is 15.2. The Morgan fingerprint density at radius 3 is 1.44 bits per heavy atom. The third kappa shape index (κ3) is 7.83. The Kier molecular flexibility index (Phi) is 10.5. The molecule has 0 saturated heterocycles. The lowest BCUT2D eigenvalue weighted by Gasteiger charge is -2.33. The van der Waals surface area contributed by atoms with Crippen LogP contribution in [-0.2, 0) is 21.7 Å². The van der Waals surface area contributed by atoms with Gasteiger partial charge in [0.25, 0.3) is 0 Å². The zero-order valence-corrected chi connectivity index (χ0v) is 40.1. The summed E-state index contributed by atoms with van der Waals surface area (Å²) in [6.45, 7) is 28.0. The van der Waals surface area contributed by atoms with Gasteiger partial charge in [0.05, 0.1) is 22.4 Å². The van der Waals surface area contributed by atoms with Crippen molar-refractivity contribution in [1.82, 2.24) is 4.57 Å². The molecule has 9 aromatic rings. The molecule has 0 radical (unpaired) electrons. The summed E-state index contributed by atoms with van der Waals surface area (Å²) in [7, 11) is 0. The highest BCUT2D eigenvalue weighted by molar-refractivity contribution is 6.17. The molecule has 322 valence electrons. The first kappa shape index (κ1) is 42.9. The molecule has 0 atom stereocenters. The highest BCUT2D eigenvalue weighted by Gasteiger charge is 2.28. The van der Waals surface area contributed by atoms with E-state index in [1.807, 2.05) is 0 Å². The molecule has 0 N–H and O–H groups in total. The van der Waals surface area contributed by atoms with Gasteiger partial charge in [0.1, 0.15) is 0 Å². The summed E-state index contributed by atoms with van der Waals surface area (Å²) in [5, 5.41) is 4.94. The van der Waals surface area contributed by atoms with Crippen molar-refractivity contribution in [1.29, 1.82) is 0 Å². The fourth-order valence-corrected chi connectivity index (χ4v) is 9.41. The van der Waals surface area contributed by atoms with Crippen molar-refractivity contribution in [3.63, 3.8) is 0 Å². The third-order valence-corrected chi connectivity index (χ3v) is 13.2. The predicted octanol–water partition coefficient (Wildman–Crippen LogP) is 17.9. The molecular formula is C62H64N2. The molecule has 0 saturated carbocycles. The molecule has 2 heteroatoms. The van der Waals surface area contributed by atoms with Gasteiger partial charge < -0.3 is 9.47 Å². The van der Waals surface area contributed by atoms with Gasteiger partial charge in [-0.2, -0.15) is 0 Å². The second kappa shape index (κ2) is 15.7. The van der Waals surface area contributed by atoms with Crippen LogP contribution >= 0.6 is 0 Å². The number of fused-ring (bicyclic) bond motifs is 4. The zero-order valence-electron chi connectivity index (χ0n) is 40.1. The van der Waals surface area contributed by atoms with Crippen molar-refractivity contribution in [2.24, 2.45) is 0 Å². The second-order valence-corrected chi connectivity index (χ2v) is 22.0. The lowest BCUT2D eigenvalue weighted by Crippen LogP contribution is -2.19. The molecule has 0 aliphatic rings. The maximum absolute atomic E-state index is 2.57. The lowest BCUT2D eigenvalue weighted by molar-refractivity contribution is 0.568. The quantitative estimate of drug-likeness (QED) is 0.162. The minimum atomic E-state index is -0.0748. The van der Waals surface area contributed by atoms with E-state index in [0.717, 1.165) is 22.7 Å². The van der Waals surface area contributed by atoms with E-state index in [4.69, 9.17) is 0 Å². The minimum Gasteiger partial charge on any atom is -0.309 e. The molecule has 0 fully saturated rings. The fraction of sp³-hybridized carbons (Fsp3) is 0.258. The van der Waals surface area contributed by atoms with Crippen LogP contribution in [0.4, 0.5) is 17.1 Å². The summed E-state index contributed by atoms with van der Waals surface area (Å²) in [5.74, 6) is 0. The van der Waals surface area contributed by atoms with E-state index < -0.39 is 0 Å². The van der Waals surface area contributed by atoms with Gasteiger partial charge in [0.2, 0.25) is 0 Å². The van der Waals surface area contributed by atoms with Crippen molar-refractivity contribution < 1.29 is 0 Å². The number of benzene rings is 8. The number of rotatable bonds is 6. The molecule has 0 amide bonds. The van der Waals surface area contributed by atoms with Gasteiger partial charge in [-0.05, 0) is 120 Å². The Morgan fingerprint density at radius 2 is 0.828 bits per heavy atom. The van der Waals surface area contributed by atoms with E-state index in [9.17, 15) is 0 Å². The number of hydrogen-bond acceptors (Lipinski definition) is 1. The van der Waals surface area contributed by atoms with Gasteiger partial charge in [-0.3, -0.25) is 0 Å². The van der Waals surface area contributed by atoms with Gasteiger partial charge in [0, 0.05) is 27.7 Å². The Labute approximate surface area is 382 Å². The normalized spacial score (nSPS) is 12.7. The molecule has 64 heavy (non-hydrogen) atoms. The molecule has 2 nitrogen and oxygen atoms in total. The standard InChI is InChI=1S/C62H64N2/c1-59(2,3)43-35-42(36-44(37-43)60(4,5)6)49-29-20-23-41-24-21-30-51(57(41)49)50-27-16-18-31-53(50)64(48-39-45(61(7,8)9)38-46(40-48)62(10,11)12)56-34-22-33-55-58(56)52-28-17-19-32-54(52)63(55)47-25-14-13-15-26-47/h13-40H,1-12H3. The van der Waals surface area contributed by atoms with Crippen LogP contribution in [0.15, 0.2) is 170 Å². The Morgan fingerprint density at radius 1 is 0.359 bits per heavy atom. The summed E-state index contributed by atoms with van der Waals surface area (Å²) in [5.41, 5.74) is 17.1. The smallest absolute Gasteiger partial charge is 0.0562 e. The van der Waals surface area contributed by atoms with Crippen LogP contribution in [0.5, 0.6) is 0 Å². The maximum Gasteiger partial charge on any atom is 0.0562 e. The van der Waals surface area contributed by atoms with Gasteiger partial charge in [-0.15, -0.1) is 0 Å². The van der Waals surface area contributed by atoms with E-state index in [2.05, 4.69) is 262 Å². The molecule has 0 spiro atoms. The Bertz CT molecular complexity index is 3120. The number of hydrogen-bond donors (Lipinski definition) is 0. The monoisotopic (exact) mass is 837 g/mol. The van der Waals surface area contributed by atoms with Crippen molar-refractivity contribution in [2.75, 3.05) is 4.90 Å². The van der Waals surface area contributed by atoms with Crippen LogP contribution in [0, 0.1) is 0 Å². The molecule has 0 aliphatic heterocycles. The SMILES string of the molecule is CC(C)(C)c1cc(-c2cccc3cccc(-c4ccccc4N(c4cc(C(C)(C)C)cc(C(C)(C)C)c4)c4cccc5c4c4ccccc4n5-c4ccccc4)c23)cc(C(C)(C)C)c1. The van der Waals surface area contributed by atoms with Crippen molar-refractivity contribution in [3.8, 4) is 27.9 Å². The summed E-state index contributed by atoms with van der Waals surface area (Å²) in [6, 6.07) is 64.0. The molecule has 0 bridgehead atoms. The first-order chi connectivity index (χ1) is 30.3. The summed E-state index contributed by atoms with van der Waals surface area (Å²) in [4.78, 5) is 2.57. The van der Waals surface area contributed by atoms with Gasteiger partial charge in [-0.1, -0.05) is 204 Å². The summed E-state index contributed by atoms with van der Waals surface area (Å²) < 4.78 is 2.43. The topological polar surface area (TPSA) is 8.17 Å². The lowest BCUT2D eigenvalue weighted by atomic mass is 9.78. The van der Waals surface area contributed by atoms with E-state index in [1.165, 1.54) is 77.1 Å². The predicted molar refractivity (Wildman–Crippen MR) is 279 cm³/mol. The number of para-hydroxylation sites is 3. The van der Waals surface area contributed by atoms with Crippen LogP contribution in [0.25, 0.3) is 60.5 Å².